The second-order valence-electron chi connectivity index (χ2n) is 6.06. The van der Waals surface area contributed by atoms with E-state index in [0.717, 1.165) is 16.0 Å². The summed E-state index contributed by atoms with van der Waals surface area (Å²) in [7, 11) is 1.52. The van der Waals surface area contributed by atoms with Gasteiger partial charge < -0.3 is 20.6 Å². The van der Waals surface area contributed by atoms with Gasteiger partial charge in [0.15, 0.2) is 5.82 Å². The van der Waals surface area contributed by atoms with Gasteiger partial charge in [0.25, 0.3) is 5.91 Å². The molecule has 0 fully saturated rings. The quantitative estimate of drug-likeness (QED) is 0.530. The number of carboxylic acid groups (broad SMARTS) is 1. The molecule has 1 aliphatic heterocycles. The van der Waals surface area contributed by atoms with Crippen molar-refractivity contribution in [3.63, 3.8) is 0 Å². The predicted molar refractivity (Wildman–Crippen MR) is 106 cm³/mol. The summed E-state index contributed by atoms with van der Waals surface area (Å²) in [5.74, 6) is -0.0948. The second kappa shape index (κ2) is 8.30. The van der Waals surface area contributed by atoms with Crippen LogP contribution in [0.4, 0.5) is 22.1 Å². The van der Waals surface area contributed by atoms with Gasteiger partial charge in [-0.1, -0.05) is 15.9 Å². The van der Waals surface area contributed by atoms with Gasteiger partial charge in [-0.3, -0.25) is 14.9 Å². The van der Waals surface area contributed by atoms with Gasteiger partial charge in [0.05, 0.1) is 13.0 Å². The zero-order chi connectivity index (χ0) is 20.3. The largest absolute Gasteiger partial charge is 0.481 e. The number of aromatic nitrogens is 2. The van der Waals surface area contributed by atoms with Crippen LogP contribution in [0.3, 0.4) is 0 Å². The van der Waals surface area contributed by atoms with Crippen LogP contribution in [-0.2, 0) is 11.3 Å². The Morgan fingerprint density at radius 3 is 2.71 bits per heavy atom. The SMILES string of the molecule is CNC(=O)Nc1cc2n(n1)CCN2c1cc(Br)cc(C(=O)NCCC(=O)O)c1. The van der Waals surface area contributed by atoms with E-state index < -0.39 is 5.97 Å². The van der Waals surface area contributed by atoms with Gasteiger partial charge in [0, 0.05) is 41.9 Å². The first-order valence-corrected chi connectivity index (χ1v) is 9.31. The molecular weight excluding hydrogens is 432 g/mol. The molecule has 28 heavy (non-hydrogen) atoms. The molecule has 11 heteroatoms. The van der Waals surface area contributed by atoms with Crippen molar-refractivity contribution in [1.29, 1.82) is 0 Å². The number of aliphatic carboxylic acids is 1. The number of benzene rings is 1. The molecule has 2 heterocycles. The lowest BCUT2D eigenvalue weighted by Crippen LogP contribution is -2.26. The summed E-state index contributed by atoms with van der Waals surface area (Å²) < 4.78 is 2.49. The van der Waals surface area contributed by atoms with Gasteiger partial charge in [-0.25, -0.2) is 9.48 Å². The molecule has 0 unspecified atom stereocenters. The first kappa shape index (κ1) is 19.7. The van der Waals surface area contributed by atoms with E-state index in [1.54, 1.807) is 22.9 Å². The number of rotatable bonds is 6. The van der Waals surface area contributed by atoms with E-state index in [1.165, 1.54) is 7.05 Å². The van der Waals surface area contributed by atoms with Crippen LogP contribution < -0.4 is 20.9 Å². The molecule has 2 aromatic rings. The molecule has 0 radical (unpaired) electrons. The standard InChI is InChI=1S/C17H19BrN6O4/c1-19-17(28)21-13-9-14-23(4-5-24(14)22-13)12-7-10(6-11(18)8-12)16(27)20-3-2-15(25)26/h6-9H,2-5H2,1H3,(H,20,27)(H,25,26)(H2,19,21,22,28). The number of fused-ring (bicyclic) bond motifs is 1. The number of nitrogens with zero attached hydrogens (tertiary/aromatic N) is 3. The summed E-state index contributed by atoms with van der Waals surface area (Å²) in [4.78, 5) is 36.4. The lowest BCUT2D eigenvalue weighted by molar-refractivity contribution is -0.136. The molecule has 1 aromatic carbocycles. The van der Waals surface area contributed by atoms with E-state index in [0.29, 0.717) is 24.5 Å². The highest BCUT2D eigenvalue weighted by Gasteiger charge is 2.24. The normalized spacial score (nSPS) is 12.4. The van der Waals surface area contributed by atoms with E-state index in [9.17, 15) is 14.4 Å². The molecule has 3 rings (SSSR count). The van der Waals surface area contributed by atoms with Crippen molar-refractivity contribution in [3.8, 4) is 0 Å². The Bertz CT molecular complexity index is 928. The minimum atomic E-state index is -0.971. The highest BCUT2D eigenvalue weighted by atomic mass is 79.9. The molecule has 148 valence electrons. The molecule has 3 amide bonds. The summed E-state index contributed by atoms with van der Waals surface area (Å²) in [5, 5.41) is 20.7. The van der Waals surface area contributed by atoms with Gasteiger partial charge in [0.2, 0.25) is 0 Å². The van der Waals surface area contributed by atoms with E-state index in [2.05, 4.69) is 37.0 Å². The zero-order valence-electron chi connectivity index (χ0n) is 15.0. The number of nitrogens with one attached hydrogen (secondary N) is 3. The number of halogens is 1. The fourth-order valence-corrected chi connectivity index (χ4v) is 3.33. The van der Waals surface area contributed by atoms with Crippen LogP contribution in [0.2, 0.25) is 0 Å². The molecule has 0 atom stereocenters. The fourth-order valence-electron chi connectivity index (χ4n) is 2.85. The molecule has 0 aliphatic carbocycles. The van der Waals surface area contributed by atoms with E-state index >= 15 is 0 Å². The first-order chi connectivity index (χ1) is 13.4. The average molecular weight is 451 g/mol. The summed E-state index contributed by atoms with van der Waals surface area (Å²) in [6, 6.07) is 6.69. The van der Waals surface area contributed by atoms with Crippen LogP contribution in [0, 0.1) is 0 Å². The maximum absolute atomic E-state index is 12.3. The third-order valence-corrected chi connectivity index (χ3v) is 4.58. The minimum Gasteiger partial charge on any atom is -0.481 e. The summed E-state index contributed by atoms with van der Waals surface area (Å²) in [6.45, 7) is 1.36. The fraction of sp³-hybridized carbons (Fsp3) is 0.294. The van der Waals surface area contributed by atoms with Crippen LogP contribution in [0.15, 0.2) is 28.7 Å². The average Bonchev–Trinajstić information content (AvgIpc) is 3.20. The predicted octanol–water partition coefficient (Wildman–Crippen LogP) is 1.75. The van der Waals surface area contributed by atoms with Crippen LogP contribution >= 0.6 is 15.9 Å². The minimum absolute atomic E-state index is 0.0566. The Labute approximate surface area is 169 Å². The zero-order valence-corrected chi connectivity index (χ0v) is 16.6. The number of urea groups is 1. The van der Waals surface area contributed by atoms with Crippen LogP contribution in [0.5, 0.6) is 0 Å². The molecule has 1 aliphatic rings. The van der Waals surface area contributed by atoms with Gasteiger partial charge >= 0.3 is 12.0 Å². The molecule has 0 spiro atoms. The Morgan fingerprint density at radius 1 is 1.21 bits per heavy atom. The van der Waals surface area contributed by atoms with E-state index in [-0.39, 0.29) is 24.9 Å². The maximum atomic E-state index is 12.3. The van der Waals surface area contributed by atoms with Crippen LogP contribution in [0.1, 0.15) is 16.8 Å². The van der Waals surface area contributed by atoms with Crippen molar-refractivity contribution in [2.24, 2.45) is 0 Å². The topological polar surface area (TPSA) is 129 Å². The number of hydrogen-bond donors (Lipinski definition) is 4. The summed E-state index contributed by atoms with van der Waals surface area (Å²) in [5.41, 5.74) is 1.19. The number of carbonyl (C=O) groups excluding carboxylic acids is 2. The number of anilines is 3. The lowest BCUT2D eigenvalue weighted by Gasteiger charge is -2.18. The van der Waals surface area contributed by atoms with Crippen molar-refractivity contribution >= 4 is 51.2 Å². The highest BCUT2D eigenvalue weighted by Crippen LogP contribution is 2.34. The maximum Gasteiger partial charge on any atom is 0.320 e. The highest BCUT2D eigenvalue weighted by molar-refractivity contribution is 9.10. The first-order valence-electron chi connectivity index (χ1n) is 8.52. The third kappa shape index (κ3) is 4.42. The Morgan fingerprint density at radius 2 is 2.00 bits per heavy atom. The molecule has 0 saturated carbocycles. The lowest BCUT2D eigenvalue weighted by atomic mass is 10.1. The van der Waals surface area contributed by atoms with Crippen LogP contribution in [-0.4, -0.2) is 52.9 Å². The second-order valence-corrected chi connectivity index (χ2v) is 6.98. The van der Waals surface area contributed by atoms with Crippen molar-refractivity contribution in [1.82, 2.24) is 20.4 Å². The van der Waals surface area contributed by atoms with E-state index in [1.807, 2.05) is 11.0 Å². The van der Waals surface area contributed by atoms with Gasteiger partial charge in [-0.2, -0.15) is 5.10 Å². The number of carboxylic acids is 1. The summed E-state index contributed by atoms with van der Waals surface area (Å²) >= 11 is 3.42. The van der Waals surface area contributed by atoms with Crippen molar-refractivity contribution in [2.45, 2.75) is 13.0 Å². The van der Waals surface area contributed by atoms with Gasteiger partial charge in [-0.15, -0.1) is 0 Å². The van der Waals surface area contributed by atoms with Crippen molar-refractivity contribution < 1.29 is 19.5 Å². The molecule has 0 saturated heterocycles. The molecule has 10 nitrogen and oxygen atoms in total. The smallest absolute Gasteiger partial charge is 0.320 e. The van der Waals surface area contributed by atoms with Gasteiger partial charge in [0.1, 0.15) is 5.82 Å². The molecule has 4 N–H and O–H groups in total. The molecular formula is C17H19BrN6O4. The summed E-state index contributed by atoms with van der Waals surface area (Å²) in [6.07, 6.45) is -0.140. The van der Waals surface area contributed by atoms with Crippen LogP contribution in [0.25, 0.3) is 0 Å². The number of carbonyl (C=O) groups is 3. The Kier molecular flexibility index (Phi) is 5.83. The number of amides is 3. The monoisotopic (exact) mass is 450 g/mol. The number of hydrogen-bond acceptors (Lipinski definition) is 5. The van der Waals surface area contributed by atoms with E-state index in [4.69, 9.17) is 5.11 Å². The van der Waals surface area contributed by atoms with Gasteiger partial charge in [-0.05, 0) is 18.2 Å². The third-order valence-electron chi connectivity index (χ3n) is 4.12. The molecule has 1 aromatic heterocycles. The molecule has 0 bridgehead atoms. The Balaban J connectivity index is 1.80. The van der Waals surface area contributed by atoms with Crippen molar-refractivity contribution in [2.75, 3.05) is 30.4 Å². The van der Waals surface area contributed by atoms with Crippen molar-refractivity contribution in [3.05, 3.63) is 34.3 Å². The Hall–Kier alpha value is -3.08.